The van der Waals surface area contributed by atoms with Crippen molar-refractivity contribution in [2.24, 2.45) is 0 Å². The number of aromatic nitrogens is 3. The van der Waals surface area contributed by atoms with Crippen LogP contribution in [0.25, 0.3) is 0 Å². The summed E-state index contributed by atoms with van der Waals surface area (Å²) in [5.41, 5.74) is 0.824. The number of nitrogens with zero attached hydrogens (tertiary/aromatic N) is 4. The summed E-state index contributed by atoms with van der Waals surface area (Å²) in [6, 6.07) is 8.33. The first-order valence-electron chi connectivity index (χ1n) is 9.09. The molecule has 0 atom stereocenters. The molecule has 1 aromatic heterocycles. The molecule has 0 bridgehead atoms. The Hall–Kier alpha value is -1.71. The van der Waals surface area contributed by atoms with Crippen molar-refractivity contribution in [2.45, 2.75) is 28.9 Å². The highest BCUT2D eigenvalue weighted by atomic mass is 32.2. The van der Waals surface area contributed by atoms with Gasteiger partial charge in [-0.2, -0.15) is 0 Å². The molecular formula is C18H23N5O2S2. The van der Waals surface area contributed by atoms with Crippen LogP contribution in [0.1, 0.15) is 18.9 Å². The predicted octanol–water partition coefficient (Wildman–Crippen LogP) is 2.90. The molecule has 2 heterocycles. The molecule has 144 valence electrons. The number of carbonyl (C=O) groups excluding carboxylic acids is 1. The Morgan fingerprint density at radius 3 is 2.85 bits per heavy atom. The van der Waals surface area contributed by atoms with Gasteiger partial charge in [0.25, 0.3) is 0 Å². The Bertz CT molecular complexity index is 803. The molecule has 1 amide bonds. The number of benzene rings is 1. The quantitative estimate of drug-likeness (QED) is 0.710. The Labute approximate surface area is 167 Å². The van der Waals surface area contributed by atoms with Gasteiger partial charge in [0.2, 0.25) is 11.9 Å². The van der Waals surface area contributed by atoms with Crippen LogP contribution < -0.4 is 10.2 Å². The molecule has 2 aliphatic rings. The lowest BCUT2D eigenvalue weighted by Crippen LogP contribution is -2.38. The molecule has 7 nitrogen and oxygen atoms in total. The Morgan fingerprint density at radius 1 is 1.30 bits per heavy atom. The highest BCUT2D eigenvalue weighted by Crippen LogP contribution is 2.41. The van der Waals surface area contributed by atoms with Crippen molar-refractivity contribution in [1.29, 1.82) is 0 Å². The second kappa shape index (κ2) is 8.53. The van der Waals surface area contributed by atoms with Gasteiger partial charge in [-0.25, -0.2) is 0 Å². The van der Waals surface area contributed by atoms with E-state index in [2.05, 4.69) is 25.0 Å². The zero-order valence-electron chi connectivity index (χ0n) is 15.3. The molecular weight excluding hydrogens is 382 g/mol. The zero-order chi connectivity index (χ0) is 18.6. The summed E-state index contributed by atoms with van der Waals surface area (Å²) in [4.78, 5) is 15.7. The van der Waals surface area contributed by atoms with Gasteiger partial charge in [-0.15, -0.1) is 22.0 Å². The van der Waals surface area contributed by atoms with Crippen LogP contribution in [0.5, 0.6) is 0 Å². The van der Waals surface area contributed by atoms with Gasteiger partial charge < -0.3 is 15.0 Å². The van der Waals surface area contributed by atoms with Crippen LogP contribution in [-0.4, -0.2) is 59.0 Å². The lowest BCUT2D eigenvalue weighted by molar-refractivity contribution is -0.113. The molecule has 0 radical (unpaired) electrons. The number of amides is 1. The summed E-state index contributed by atoms with van der Waals surface area (Å²) in [6.07, 6.45) is 4.32. The van der Waals surface area contributed by atoms with Crippen LogP contribution in [0.2, 0.25) is 0 Å². The second-order valence-electron chi connectivity index (χ2n) is 6.55. The standard InChI is InChI=1S/C18H23N5O2S2/c1-26-15-4-2-3-13(11-15)19-16(24)12-27-18-21-20-17(23(18)14-5-6-14)22-7-9-25-10-8-22/h2-4,11,14H,5-10,12H2,1H3,(H,19,24). The minimum atomic E-state index is -0.0310. The molecule has 1 saturated heterocycles. The summed E-state index contributed by atoms with van der Waals surface area (Å²) >= 11 is 3.11. The van der Waals surface area contributed by atoms with E-state index in [9.17, 15) is 4.79 Å². The maximum Gasteiger partial charge on any atom is 0.234 e. The smallest absolute Gasteiger partial charge is 0.234 e. The van der Waals surface area contributed by atoms with Gasteiger partial charge in [-0.3, -0.25) is 9.36 Å². The van der Waals surface area contributed by atoms with Gasteiger partial charge in [0.05, 0.1) is 19.0 Å². The minimum absolute atomic E-state index is 0.0310. The third-order valence-corrected chi connectivity index (χ3v) is 6.21. The largest absolute Gasteiger partial charge is 0.378 e. The Kier molecular flexibility index (Phi) is 5.89. The van der Waals surface area contributed by atoms with E-state index in [0.717, 1.165) is 60.8 Å². The number of rotatable bonds is 7. The van der Waals surface area contributed by atoms with Crippen LogP contribution >= 0.6 is 23.5 Å². The number of hydrogen-bond acceptors (Lipinski definition) is 7. The van der Waals surface area contributed by atoms with Crippen molar-refractivity contribution in [1.82, 2.24) is 14.8 Å². The van der Waals surface area contributed by atoms with E-state index in [-0.39, 0.29) is 5.91 Å². The first-order valence-corrected chi connectivity index (χ1v) is 11.3. The predicted molar refractivity (Wildman–Crippen MR) is 109 cm³/mol. The molecule has 1 aromatic carbocycles. The van der Waals surface area contributed by atoms with Crippen LogP contribution in [-0.2, 0) is 9.53 Å². The van der Waals surface area contributed by atoms with Gasteiger partial charge in [-0.1, -0.05) is 17.8 Å². The number of nitrogens with one attached hydrogen (secondary N) is 1. The number of hydrogen-bond donors (Lipinski definition) is 1. The average molecular weight is 406 g/mol. The molecule has 1 aliphatic carbocycles. The topological polar surface area (TPSA) is 72.3 Å². The molecule has 2 fully saturated rings. The van der Waals surface area contributed by atoms with E-state index in [1.807, 2.05) is 30.5 Å². The van der Waals surface area contributed by atoms with Crippen LogP contribution in [0, 0.1) is 0 Å². The first-order chi connectivity index (χ1) is 13.2. The van der Waals surface area contributed by atoms with E-state index >= 15 is 0 Å². The summed E-state index contributed by atoms with van der Waals surface area (Å²) in [6.45, 7) is 3.11. The molecule has 0 spiro atoms. The van der Waals surface area contributed by atoms with Crippen molar-refractivity contribution < 1.29 is 9.53 Å². The maximum absolute atomic E-state index is 12.4. The van der Waals surface area contributed by atoms with E-state index in [1.54, 1.807) is 11.8 Å². The summed E-state index contributed by atoms with van der Waals surface area (Å²) < 4.78 is 7.64. The molecule has 2 aromatic rings. The lowest BCUT2D eigenvalue weighted by Gasteiger charge is -2.27. The molecule has 9 heteroatoms. The van der Waals surface area contributed by atoms with Crippen molar-refractivity contribution >= 4 is 41.1 Å². The average Bonchev–Trinajstić information content (AvgIpc) is 3.46. The highest BCUT2D eigenvalue weighted by Gasteiger charge is 2.32. The summed E-state index contributed by atoms with van der Waals surface area (Å²) in [5, 5.41) is 12.6. The van der Waals surface area contributed by atoms with E-state index in [0.29, 0.717) is 11.8 Å². The van der Waals surface area contributed by atoms with E-state index < -0.39 is 0 Å². The van der Waals surface area contributed by atoms with Crippen molar-refractivity contribution in [3.63, 3.8) is 0 Å². The molecule has 1 N–H and O–H groups in total. The maximum atomic E-state index is 12.4. The molecule has 0 unspecified atom stereocenters. The van der Waals surface area contributed by atoms with Crippen LogP contribution in [0.4, 0.5) is 11.6 Å². The minimum Gasteiger partial charge on any atom is -0.378 e. The van der Waals surface area contributed by atoms with Gasteiger partial charge >= 0.3 is 0 Å². The zero-order valence-corrected chi connectivity index (χ0v) is 16.9. The van der Waals surface area contributed by atoms with E-state index in [1.165, 1.54) is 11.8 Å². The fourth-order valence-corrected chi connectivity index (χ4v) is 4.29. The fraction of sp³-hybridized carbons (Fsp3) is 0.500. The number of anilines is 2. The van der Waals surface area contributed by atoms with Crippen LogP contribution in [0.3, 0.4) is 0 Å². The number of morpholine rings is 1. The molecule has 27 heavy (non-hydrogen) atoms. The Morgan fingerprint density at radius 2 is 2.11 bits per heavy atom. The van der Waals surface area contributed by atoms with E-state index in [4.69, 9.17) is 4.74 Å². The monoisotopic (exact) mass is 405 g/mol. The van der Waals surface area contributed by atoms with Crippen molar-refractivity contribution in [3.05, 3.63) is 24.3 Å². The molecule has 1 saturated carbocycles. The number of ether oxygens (including phenoxy) is 1. The van der Waals surface area contributed by atoms with Gasteiger partial charge in [-0.05, 0) is 37.3 Å². The summed E-state index contributed by atoms with van der Waals surface area (Å²) in [7, 11) is 0. The highest BCUT2D eigenvalue weighted by molar-refractivity contribution is 7.99. The number of carbonyl (C=O) groups is 1. The number of thioether (sulfide) groups is 2. The van der Waals surface area contributed by atoms with Gasteiger partial charge in [0.15, 0.2) is 5.16 Å². The van der Waals surface area contributed by atoms with Gasteiger partial charge in [0.1, 0.15) is 0 Å². The normalized spacial score (nSPS) is 17.1. The first kappa shape index (κ1) is 18.6. The van der Waals surface area contributed by atoms with Crippen molar-refractivity contribution in [2.75, 3.05) is 48.5 Å². The SMILES string of the molecule is CSc1cccc(NC(=O)CSc2nnc(N3CCOCC3)n2C2CC2)c1. The Balaban J connectivity index is 1.40. The third kappa shape index (κ3) is 4.59. The lowest BCUT2D eigenvalue weighted by atomic mass is 10.3. The summed E-state index contributed by atoms with van der Waals surface area (Å²) in [5.74, 6) is 1.20. The molecule has 4 rings (SSSR count). The fourth-order valence-electron chi connectivity index (χ4n) is 3.03. The van der Waals surface area contributed by atoms with Crippen molar-refractivity contribution in [3.8, 4) is 0 Å². The second-order valence-corrected chi connectivity index (χ2v) is 8.37. The van der Waals surface area contributed by atoms with Gasteiger partial charge in [0, 0.05) is 29.7 Å². The third-order valence-electron chi connectivity index (χ3n) is 4.54. The molecule has 1 aliphatic heterocycles. The van der Waals surface area contributed by atoms with Crippen LogP contribution in [0.15, 0.2) is 34.3 Å².